The summed E-state index contributed by atoms with van der Waals surface area (Å²) in [6.07, 6.45) is 1.33. The van der Waals surface area contributed by atoms with E-state index in [1.54, 1.807) is 37.3 Å². The molecule has 8 nitrogen and oxygen atoms in total. The van der Waals surface area contributed by atoms with Crippen molar-refractivity contribution in [1.29, 1.82) is 0 Å². The van der Waals surface area contributed by atoms with Crippen molar-refractivity contribution in [2.45, 2.75) is 6.92 Å². The van der Waals surface area contributed by atoms with Crippen molar-refractivity contribution in [2.75, 3.05) is 6.61 Å². The highest BCUT2D eigenvalue weighted by Crippen LogP contribution is 2.28. The van der Waals surface area contributed by atoms with Crippen LogP contribution >= 0.6 is 23.2 Å². The predicted octanol–water partition coefficient (Wildman–Crippen LogP) is 5.00. The Morgan fingerprint density at radius 2 is 2.03 bits per heavy atom. The van der Waals surface area contributed by atoms with E-state index in [0.29, 0.717) is 32.9 Å². The van der Waals surface area contributed by atoms with Gasteiger partial charge in [-0.05, 0) is 48.9 Å². The fourth-order valence-corrected chi connectivity index (χ4v) is 3.00. The number of hydrazone groups is 1. The average molecular weight is 448 g/mol. The molecule has 1 aromatic heterocycles. The zero-order valence-corrected chi connectivity index (χ0v) is 17.1. The molecule has 0 aliphatic carbocycles. The van der Waals surface area contributed by atoms with E-state index in [1.165, 1.54) is 24.4 Å². The Balaban J connectivity index is 1.56. The number of halogens is 2. The monoisotopic (exact) mass is 447 g/mol. The van der Waals surface area contributed by atoms with E-state index in [2.05, 4.69) is 10.5 Å². The Bertz CT molecular complexity index is 1130. The number of non-ortho nitro benzene ring substituents is 1. The molecular formula is C20H15Cl2N3O5. The minimum atomic E-state index is -0.491. The number of amides is 1. The van der Waals surface area contributed by atoms with Gasteiger partial charge in [-0.1, -0.05) is 23.2 Å². The lowest BCUT2D eigenvalue weighted by molar-refractivity contribution is -0.384. The summed E-state index contributed by atoms with van der Waals surface area (Å²) in [6.45, 7) is 1.47. The highest BCUT2D eigenvalue weighted by atomic mass is 35.5. The number of nitro benzene ring substituents is 1. The van der Waals surface area contributed by atoms with Gasteiger partial charge in [-0.25, -0.2) is 5.43 Å². The molecule has 1 N–H and O–H groups in total. The minimum absolute atomic E-state index is 0.00871. The number of hydrogen-bond donors (Lipinski definition) is 1. The molecule has 0 spiro atoms. The number of benzene rings is 2. The van der Waals surface area contributed by atoms with E-state index in [0.717, 1.165) is 5.56 Å². The number of furan rings is 1. The van der Waals surface area contributed by atoms with Gasteiger partial charge in [0.25, 0.3) is 11.6 Å². The Hall–Kier alpha value is -3.36. The van der Waals surface area contributed by atoms with Crippen LogP contribution in [0.3, 0.4) is 0 Å². The lowest BCUT2D eigenvalue weighted by Gasteiger charge is -2.06. The number of nitrogens with zero attached hydrogens (tertiary/aromatic N) is 2. The molecule has 0 atom stereocenters. The van der Waals surface area contributed by atoms with Crippen molar-refractivity contribution in [3.8, 4) is 17.1 Å². The quantitative estimate of drug-likeness (QED) is 0.311. The molecule has 0 aliphatic heterocycles. The molecule has 0 unspecified atom stereocenters. The highest BCUT2D eigenvalue weighted by molar-refractivity contribution is 6.35. The van der Waals surface area contributed by atoms with Gasteiger partial charge in [0, 0.05) is 22.7 Å². The number of aryl methyl sites for hydroxylation is 1. The van der Waals surface area contributed by atoms with E-state index in [4.69, 9.17) is 32.4 Å². The largest absolute Gasteiger partial charge is 0.482 e. The van der Waals surface area contributed by atoms with E-state index in [9.17, 15) is 14.9 Å². The molecule has 3 rings (SSSR count). The van der Waals surface area contributed by atoms with Gasteiger partial charge in [0.05, 0.1) is 16.2 Å². The van der Waals surface area contributed by atoms with Crippen LogP contribution < -0.4 is 10.2 Å². The van der Waals surface area contributed by atoms with Crippen LogP contribution in [0.15, 0.2) is 58.0 Å². The normalized spacial score (nSPS) is 10.9. The molecule has 1 heterocycles. The van der Waals surface area contributed by atoms with Crippen molar-refractivity contribution in [2.24, 2.45) is 5.10 Å². The van der Waals surface area contributed by atoms with Gasteiger partial charge in [0.15, 0.2) is 6.61 Å². The number of nitrogens with one attached hydrogen (secondary N) is 1. The third kappa shape index (κ3) is 5.37. The fraction of sp³-hybridized carbons (Fsp3) is 0.100. The first-order valence-electron chi connectivity index (χ1n) is 8.58. The van der Waals surface area contributed by atoms with Crippen LogP contribution in [0.5, 0.6) is 5.75 Å². The summed E-state index contributed by atoms with van der Waals surface area (Å²) in [5.41, 5.74) is 3.74. The number of ether oxygens (including phenoxy) is 1. The highest BCUT2D eigenvalue weighted by Gasteiger charge is 2.12. The SMILES string of the molecule is Cc1cc([N+](=O)[O-])ccc1-c1ccc(/C=N/NC(=O)COc2ccc(Cl)cc2Cl)o1. The van der Waals surface area contributed by atoms with Crippen LogP contribution in [0.4, 0.5) is 5.69 Å². The first-order chi connectivity index (χ1) is 14.3. The maximum absolute atomic E-state index is 11.8. The molecule has 0 aliphatic rings. The molecule has 2 aromatic carbocycles. The summed E-state index contributed by atoms with van der Waals surface area (Å²) in [5, 5.41) is 15.4. The van der Waals surface area contributed by atoms with Gasteiger partial charge in [0.2, 0.25) is 0 Å². The Kier molecular flexibility index (Phi) is 6.71. The number of carbonyl (C=O) groups is 1. The van der Waals surface area contributed by atoms with E-state index in [-0.39, 0.29) is 12.3 Å². The molecule has 1 amide bonds. The lowest BCUT2D eigenvalue weighted by atomic mass is 10.1. The number of nitro groups is 1. The lowest BCUT2D eigenvalue weighted by Crippen LogP contribution is -2.24. The van der Waals surface area contributed by atoms with Gasteiger partial charge >= 0.3 is 0 Å². The van der Waals surface area contributed by atoms with Gasteiger partial charge < -0.3 is 9.15 Å². The summed E-state index contributed by atoms with van der Waals surface area (Å²) in [4.78, 5) is 22.2. The third-order valence-electron chi connectivity index (χ3n) is 3.95. The molecule has 0 fully saturated rings. The molecule has 154 valence electrons. The first-order valence-corrected chi connectivity index (χ1v) is 9.34. The maximum Gasteiger partial charge on any atom is 0.277 e. The van der Waals surface area contributed by atoms with Gasteiger partial charge in [-0.2, -0.15) is 5.10 Å². The summed E-state index contributed by atoms with van der Waals surface area (Å²) in [7, 11) is 0. The first kappa shape index (κ1) is 21.4. The zero-order chi connectivity index (χ0) is 21.7. The van der Waals surface area contributed by atoms with Crippen LogP contribution in [-0.2, 0) is 4.79 Å². The minimum Gasteiger partial charge on any atom is -0.482 e. The molecular weight excluding hydrogens is 433 g/mol. The van der Waals surface area contributed by atoms with E-state index in [1.807, 2.05) is 0 Å². The number of carbonyl (C=O) groups excluding carboxylic acids is 1. The Morgan fingerprint density at radius 3 is 2.73 bits per heavy atom. The standard InChI is InChI=1S/C20H15Cl2N3O5/c1-12-8-14(25(27)28)3-5-16(12)18-7-4-15(30-18)10-23-24-20(26)11-29-19-6-2-13(21)9-17(19)22/h2-10H,11H2,1H3,(H,24,26)/b23-10+. The Morgan fingerprint density at radius 1 is 1.23 bits per heavy atom. The molecule has 0 saturated carbocycles. The number of rotatable bonds is 7. The summed E-state index contributed by atoms with van der Waals surface area (Å²) >= 11 is 11.8. The molecule has 0 saturated heterocycles. The fourth-order valence-electron chi connectivity index (χ4n) is 2.54. The summed E-state index contributed by atoms with van der Waals surface area (Å²) < 4.78 is 11.0. The Labute approximate surface area is 181 Å². The van der Waals surface area contributed by atoms with Crippen molar-refractivity contribution >= 4 is 41.0 Å². The van der Waals surface area contributed by atoms with Gasteiger partial charge in [-0.15, -0.1) is 0 Å². The predicted molar refractivity (Wildman–Crippen MR) is 113 cm³/mol. The van der Waals surface area contributed by atoms with Gasteiger partial charge in [-0.3, -0.25) is 14.9 Å². The van der Waals surface area contributed by atoms with Crippen LogP contribution in [0, 0.1) is 17.0 Å². The molecule has 3 aromatic rings. The van der Waals surface area contributed by atoms with Crippen molar-refractivity contribution in [3.63, 3.8) is 0 Å². The second-order valence-corrected chi connectivity index (χ2v) is 6.96. The van der Waals surface area contributed by atoms with E-state index < -0.39 is 10.8 Å². The molecule has 10 heteroatoms. The van der Waals surface area contributed by atoms with Crippen molar-refractivity contribution in [3.05, 3.63) is 80.0 Å². The van der Waals surface area contributed by atoms with Crippen LogP contribution in [0.1, 0.15) is 11.3 Å². The zero-order valence-electron chi connectivity index (χ0n) is 15.6. The molecule has 0 bridgehead atoms. The number of hydrogen-bond acceptors (Lipinski definition) is 6. The van der Waals surface area contributed by atoms with Crippen molar-refractivity contribution in [1.82, 2.24) is 5.43 Å². The van der Waals surface area contributed by atoms with Crippen molar-refractivity contribution < 1.29 is 18.9 Å². The smallest absolute Gasteiger partial charge is 0.277 e. The summed E-state index contributed by atoms with van der Waals surface area (Å²) in [5.74, 6) is 0.755. The average Bonchev–Trinajstić information content (AvgIpc) is 3.15. The summed E-state index contributed by atoms with van der Waals surface area (Å²) in [6, 6.07) is 12.5. The molecule has 30 heavy (non-hydrogen) atoms. The topological polar surface area (TPSA) is 107 Å². The van der Waals surface area contributed by atoms with E-state index >= 15 is 0 Å². The third-order valence-corrected chi connectivity index (χ3v) is 4.48. The maximum atomic E-state index is 11.8. The second kappa shape index (κ2) is 9.43. The second-order valence-electron chi connectivity index (χ2n) is 6.11. The van der Waals surface area contributed by atoms with Crippen LogP contribution in [-0.4, -0.2) is 23.7 Å². The van der Waals surface area contributed by atoms with Crippen LogP contribution in [0.25, 0.3) is 11.3 Å². The van der Waals surface area contributed by atoms with Crippen LogP contribution in [0.2, 0.25) is 10.0 Å². The molecule has 0 radical (unpaired) electrons. The van der Waals surface area contributed by atoms with Gasteiger partial charge in [0.1, 0.15) is 17.3 Å².